The maximum absolute atomic E-state index is 11.1. The second kappa shape index (κ2) is 5.66. The van der Waals surface area contributed by atoms with Crippen molar-refractivity contribution in [2.75, 3.05) is 6.54 Å². The standard InChI is InChI=1S/C16H14ClNO3/c17-13-2-5-14(6-3-13)21-15-4-1-11-7-8-18(16(19)20)10-12(11)9-15/h1-6,9H,7-8,10H2,(H,19,20). The lowest BCUT2D eigenvalue weighted by molar-refractivity contribution is 0.140. The van der Waals surface area contributed by atoms with Crippen molar-refractivity contribution in [3.63, 3.8) is 0 Å². The minimum Gasteiger partial charge on any atom is -0.465 e. The summed E-state index contributed by atoms with van der Waals surface area (Å²) in [5, 5.41) is 9.73. The summed E-state index contributed by atoms with van der Waals surface area (Å²) in [5.41, 5.74) is 2.17. The smallest absolute Gasteiger partial charge is 0.407 e. The first-order chi connectivity index (χ1) is 10.1. The van der Waals surface area contributed by atoms with Gasteiger partial charge in [0.1, 0.15) is 11.5 Å². The van der Waals surface area contributed by atoms with Gasteiger partial charge in [-0.25, -0.2) is 4.79 Å². The Morgan fingerprint density at radius 3 is 2.52 bits per heavy atom. The summed E-state index contributed by atoms with van der Waals surface area (Å²) in [4.78, 5) is 12.5. The number of rotatable bonds is 2. The van der Waals surface area contributed by atoms with Gasteiger partial charge in [-0.2, -0.15) is 0 Å². The van der Waals surface area contributed by atoms with Crippen LogP contribution < -0.4 is 4.74 Å². The SMILES string of the molecule is O=C(O)N1CCc2ccc(Oc3ccc(Cl)cc3)cc2C1. The number of ether oxygens (including phenoxy) is 1. The normalized spacial score (nSPS) is 13.7. The zero-order chi connectivity index (χ0) is 14.8. The van der Waals surface area contributed by atoms with Gasteiger partial charge in [-0.1, -0.05) is 17.7 Å². The lowest BCUT2D eigenvalue weighted by Crippen LogP contribution is -2.34. The van der Waals surface area contributed by atoms with E-state index in [0.717, 1.165) is 12.0 Å². The minimum atomic E-state index is -0.885. The third kappa shape index (κ3) is 3.11. The van der Waals surface area contributed by atoms with Crippen LogP contribution in [0.4, 0.5) is 4.79 Å². The van der Waals surface area contributed by atoms with Gasteiger partial charge in [-0.15, -0.1) is 0 Å². The molecule has 2 aromatic carbocycles. The number of hydrogen-bond donors (Lipinski definition) is 1. The van der Waals surface area contributed by atoms with Crippen molar-refractivity contribution in [3.8, 4) is 11.5 Å². The first-order valence-corrected chi connectivity index (χ1v) is 7.03. The topological polar surface area (TPSA) is 49.8 Å². The van der Waals surface area contributed by atoms with Crippen LogP contribution >= 0.6 is 11.6 Å². The molecule has 3 rings (SSSR count). The lowest BCUT2D eigenvalue weighted by atomic mass is 10.00. The zero-order valence-electron chi connectivity index (χ0n) is 11.3. The van der Waals surface area contributed by atoms with Crippen LogP contribution in [-0.2, 0) is 13.0 Å². The summed E-state index contributed by atoms with van der Waals surface area (Å²) in [6.07, 6.45) is -0.146. The van der Waals surface area contributed by atoms with E-state index in [9.17, 15) is 4.79 Å². The van der Waals surface area contributed by atoms with Crippen LogP contribution in [0.3, 0.4) is 0 Å². The first-order valence-electron chi connectivity index (χ1n) is 6.65. The Kier molecular flexibility index (Phi) is 3.71. The van der Waals surface area contributed by atoms with E-state index in [4.69, 9.17) is 21.4 Å². The maximum atomic E-state index is 11.1. The van der Waals surface area contributed by atoms with Crippen LogP contribution in [0.5, 0.6) is 11.5 Å². The molecule has 1 amide bonds. The summed E-state index contributed by atoms with van der Waals surface area (Å²) in [5.74, 6) is 1.40. The third-order valence-corrected chi connectivity index (χ3v) is 3.76. The number of carbonyl (C=O) groups is 1. The molecule has 4 nitrogen and oxygen atoms in total. The van der Waals surface area contributed by atoms with Crippen LogP contribution in [0, 0.1) is 0 Å². The number of halogens is 1. The predicted octanol–water partition coefficient (Wildman–Crippen LogP) is 4.17. The molecular formula is C16H14ClNO3. The summed E-state index contributed by atoms with van der Waals surface area (Å²) in [7, 11) is 0. The van der Waals surface area contributed by atoms with Gasteiger partial charge in [-0.3, -0.25) is 0 Å². The molecule has 1 N–H and O–H groups in total. The molecule has 1 aliphatic rings. The zero-order valence-corrected chi connectivity index (χ0v) is 12.0. The van der Waals surface area contributed by atoms with Gasteiger partial charge in [0.25, 0.3) is 0 Å². The quantitative estimate of drug-likeness (QED) is 0.906. The van der Waals surface area contributed by atoms with E-state index in [0.29, 0.717) is 29.6 Å². The van der Waals surface area contributed by atoms with Crippen LogP contribution in [0.15, 0.2) is 42.5 Å². The van der Waals surface area contributed by atoms with Crippen molar-refractivity contribution < 1.29 is 14.6 Å². The summed E-state index contributed by atoms with van der Waals surface area (Å²) in [6, 6.07) is 12.9. The summed E-state index contributed by atoms with van der Waals surface area (Å²) >= 11 is 5.84. The fourth-order valence-corrected chi connectivity index (χ4v) is 2.52. The second-order valence-electron chi connectivity index (χ2n) is 4.94. The van der Waals surface area contributed by atoms with E-state index in [1.807, 2.05) is 18.2 Å². The van der Waals surface area contributed by atoms with Crippen molar-refractivity contribution in [2.24, 2.45) is 0 Å². The monoisotopic (exact) mass is 303 g/mol. The highest BCUT2D eigenvalue weighted by Gasteiger charge is 2.20. The van der Waals surface area contributed by atoms with E-state index in [1.165, 1.54) is 10.5 Å². The number of nitrogens with zero attached hydrogens (tertiary/aromatic N) is 1. The number of carboxylic acid groups (broad SMARTS) is 1. The third-order valence-electron chi connectivity index (χ3n) is 3.51. The van der Waals surface area contributed by atoms with Gasteiger partial charge in [0.05, 0.1) is 0 Å². The largest absolute Gasteiger partial charge is 0.465 e. The average Bonchev–Trinajstić information content (AvgIpc) is 2.49. The Morgan fingerprint density at radius 2 is 1.81 bits per heavy atom. The molecule has 0 atom stereocenters. The Morgan fingerprint density at radius 1 is 1.10 bits per heavy atom. The highest BCUT2D eigenvalue weighted by Crippen LogP contribution is 2.28. The molecule has 0 saturated heterocycles. The number of hydrogen-bond acceptors (Lipinski definition) is 2. The van der Waals surface area contributed by atoms with E-state index in [1.54, 1.807) is 24.3 Å². The molecule has 0 fully saturated rings. The highest BCUT2D eigenvalue weighted by atomic mass is 35.5. The van der Waals surface area contributed by atoms with Crippen molar-refractivity contribution in [2.45, 2.75) is 13.0 Å². The van der Waals surface area contributed by atoms with E-state index in [-0.39, 0.29) is 0 Å². The van der Waals surface area contributed by atoms with E-state index in [2.05, 4.69) is 0 Å². The molecule has 21 heavy (non-hydrogen) atoms. The molecule has 0 unspecified atom stereocenters. The number of amides is 1. The summed E-state index contributed by atoms with van der Waals surface area (Å²) in [6.45, 7) is 0.947. The average molecular weight is 304 g/mol. The molecule has 2 aromatic rings. The maximum Gasteiger partial charge on any atom is 0.407 e. The molecule has 0 aromatic heterocycles. The fraction of sp³-hybridized carbons (Fsp3) is 0.188. The van der Waals surface area contributed by atoms with Gasteiger partial charge in [-0.05, 0) is 53.9 Å². The molecule has 0 bridgehead atoms. The second-order valence-corrected chi connectivity index (χ2v) is 5.38. The van der Waals surface area contributed by atoms with E-state index >= 15 is 0 Å². The van der Waals surface area contributed by atoms with Crippen molar-refractivity contribution in [1.82, 2.24) is 4.90 Å². The highest BCUT2D eigenvalue weighted by molar-refractivity contribution is 6.30. The van der Waals surface area contributed by atoms with Gasteiger partial charge < -0.3 is 14.7 Å². The van der Waals surface area contributed by atoms with Crippen molar-refractivity contribution in [3.05, 3.63) is 58.6 Å². The summed E-state index contributed by atoms with van der Waals surface area (Å²) < 4.78 is 5.77. The van der Waals surface area contributed by atoms with Gasteiger partial charge in [0.15, 0.2) is 0 Å². The molecule has 108 valence electrons. The van der Waals surface area contributed by atoms with E-state index < -0.39 is 6.09 Å². The van der Waals surface area contributed by atoms with Gasteiger partial charge in [0.2, 0.25) is 0 Å². The predicted molar refractivity (Wildman–Crippen MR) is 80.1 cm³/mol. The van der Waals surface area contributed by atoms with Gasteiger partial charge in [0, 0.05) is 18.1 Å². The minimum absolute atomic E-state index is 0.405. The Labute approximate surface area is 127 Å². The van der Waals surface area contributed by atoms with Gasteiger partial charge >= 0.3 is 6.09 Å². The van der Waals surface area contributed by atoms with Crippen LogP contribution in [0.25, 0.3) is 0 Å². The van der Waals surface area contributed by atoms with Crippen LogP contribution in [0.2, 0.25) is 5.02 Å². The van der Waals surface area contributed by atoms with Crippen LogP contribution in [-0.4, -0.2) is 22.6 Å². The molecule has 1 aliphatic heterocycles. The number of benzene rings is 2. The Hall–Kier alpha value is -2.20. The van der Waals surface area contributed by atoms with Crippen molar-refractivity contribution >= 4 is 17.7 Å². The fourth-order valence-electron chi connectivity index (χ4n) is 2.40. The molecule has 0 saturated carbocycles. The molecular weight excluding hydrogens is 290 g/mol. The molecule has 0 radical (unpaired) electrons. The lowest BCUT2D eigenvalue weighted by Gasteiger charge is -2.26. The Balaban J connectivity index is 1.80. The van der Waals surface area contributed by atoms with Crippen LogP contribution in [0.1, 0.15) is 11.1 Å². The Bertz CT molecular complexity index is 670. The molecule has 0 spiro atoms. The van der Waals surface area contributed by atoms with Crippen molar-refractivity contribution in [1.29, 1.82) is 0 Å². The molecule has 5 heteroatoms. The number of fused-ring (bicyclic) bond motifs is 1. The molecule has 1 heterocycles. The first kappa shape index (κ1) is 13.8. The molecule has 0 aliphatic carbocycles.